The van der Waals surface area contributed by atoms with Crippen molar-refractivity contribution in [1.82, 2.24) is 0 Å². The molecule has 3 nitrogen and oxygen atoms in total. The van der Waals surface area contributed by atoms with Crippen molar-refractivity contribution in [3.63, 3.8) is 0 Å². The van der Waals surface area contributed by atoms with E-state index >= 15 is 0 Å². The molecule has 0 aliphatic rings. The average Bonchev–Trinajstić information content (AvgIpc) is 1.91. The van der Waals surface area contributed by atoms with Crippen LogP contribution >= 0.6 is 0 Å². The molecule has 0 atom stereocenters. The predicted molar refractivity (Wildman–Crippen MR) is 38.8 cm³/mol. The first-order chi connectivity index (χ1) is 4.81. The summed E-state index contributed by atoms with van der Waals surface area (Å²) in [4.78, 5) is 0. The summed E-state index contributed by atoms with van der Waals surface area (Å²) in [5.41, 5.74) is 0. The van der Waals surface area contributed by atoms with Gasteiger partial charge in [-0.1, -0.05) is 22.8 Å². The topological polar surface area (TPSA) is 57.5 Å². The molecule has 0 aromatic heterocycles. The largest absolute Gasteiger partial charge is 0.690 e. The van der Waals surface area contributed by atoms with Gasteiger partial charge in [0.25, 0.3) is 0 Å². The molecule has 0 amide bonds. The molecule has 54 valence electrons. The van der Waals surface area contributed by atoms with Gasteiger partial charge in [0.15, 0.2) is 0 Å². The Balaban J connectivity index is 0.000000236. The second kappa shape index (κ2) is 6.12. The molecule has 0 unspecified atom stereocenters. The van der Waals surface area contributed by atoms with Gasteiger partial charge in [-0.3, -0.25) is 0 Å². The number of para-hydroxylation sites is 1. The SMILES string of the molecule is O=[S+]O.Oc1ccccc1. The van der Waals surface area contributed by atoms with Crippen LogP contribution in [-0.4, -0.2) is 9.66 Å². The third-order valence-electron chi connectivity index (χ3n) is 0.756. The van der Waals surface area contributed by atoms with Gasteiger partial charge in [-0.25, -0.2) is 0 Å². The standard InChI is InChI=1S/C6H6O.O2S/c7-6-4-2-1-3-5-6;1-3-2/h1-5,7H;/p+1. The van der Waals surface area contributed by atoms with E-state index in [1.807, 2.05) is 6.07 Å². The summed E-state index contributed by atoms with van der Waals surface area (Å²) < 4.78 is 15.3. The van der Waals surface area contributed by atoms with Gasteiger partial charge >= 0.3 is 11.9 Å². The maximum Gasteiger partial charge on any atom is 0.690 e. The summed E-state index contributed by atoms with van der Waals surface area (Å²) in [6, 6.07) is 8.71. The van der Waals surface area contributed by atoms with Crippen molar-refractivity contribution in [1.29, 1.82) is 0 Å². The van der Waals surface area contributed by atoms with Crippen LogP contribution in [0.4, 0.5) is 0 Å². The highest BCUT2D eigenvalue weighted by atomic mass is 32.2. The summed E-state index contributed by atoms with van der Waals surface area (Å²) in [6.45, 7) is 0. The van der Waals surface area contributed by atoms with E-state index in [4.69, 9.17) is 13.9 Å². The molecule has 0 saturated heterocycles. The van der Waals surface area contributed by atoms with Gasteiger partial charge in [0.1, 0.15) is 5.75 Å². The summed E-state index contributed by atoms with van der Waals surface area (Å²) in [5.74, 6) is 0.322. The van der Waals surface area contributed by atoms with Crippen LogP contribution < -0.4 is 0 Å². The van der Waals surface area contributed by atoms with Crippen LogP contribution in [-0.2, 0) is 16.2 Å². The van der Waals surface area contributed by atoms with E-state index in [9.17, 15) is 0 Å². The van der Waals surface area contributed by atoms with Crippen molar-refractivity contribution >= 4 is 11.9 Å². The van der Waals surface area contributed by atoms with E-state index < -0.39 is 11.9 Å². The lowest BCUT2D eigenvalue weighted by Gasteiger charge is -1.82. The molecule has 0 aliphatic carbocycles. The highest BCUT2D eigenvalue weighted by Gasteiger charge is 1.74. The molecule has 0 heterocycles. The molecular formula is C6H7O3S+. The van der Waals surface area contributed by atoms with Crippen molar-refractivity contribution < 1.29 is 13.9 Å². The number of phenols is 1. The van der Waals surface area contributed by atoms with Gasteiger partial charge in [0, 0.05) is 0 Å². The molecule has 0 fully saturated rings. The number of aromatic hydroxyl groups is 1. The summed E-state index contributed by atoms with van der Waals surface area (Å²) in [5, 5.41) is 8.63. The minimum Gasteiger partial charge on any atom is -0.508 e. The summed E-state index contributed by atoms with van der Waals surface area (Å²) in [7, 11) is 0. The Hall–Kier alpha value is -1.00. The fourth-order valence-electron chi connectivity index (χ4n) is 0.428. The zero-order valence-corrected chi connectivity index (χ0v) is 5.91. The molecule has 0 radical (unpaired) electrons. The monoisotopic (exact) mass is 159 g/mol. The van der Waals surface area contributed by atoms with E-state index in [1.54, 1.807) is 24.3 Å². The summed E-state index contributed by atoms with van der Waals surface area (Å²) >= 11 is -0.500. The third-order valence-corrected chi connectivity index (χ3v) is 0.756. The molecule has 0 aliphatic heterocycles. The second-order valence-corrected chi connectivity index (χ2v) is 1.56. The van der Waals surface area contributed by atoms with Crippen molar-refractivity contribution in [3.05, 3.63) is 30.3 Å². The number of phenolic OH excluding ortho intramolecular Hbond substituents is 1. The van der Waals surface area contributed by atoms with Crippen LogP contribution in [0.25, 0.3) is 0 Å². The number of rotatable bonds is 0. The van der Waals surface area contributed by atoms with Gasteiger partial charge in [0.05, 0.1) is 4.21 Å². The molecule has 4 heteroatoms. The first kappa shape index (κ1) is 9.00. The lowest BCUT2D eigenvalue weighted by molar-refractivity contribution is 0.475. The number of benzene rings is 1. The first-order valence-corrected chi connectivity index (χ1v) is 3.18. The van der Waals surface area contributed by atoms with Crippen molar-refractivity contribution in [2.45, 2.75) is 0 Å². The van der Waals surface area contributed by atoms with Gasteiger partial charge in [-0.15, -0.1) is 0 Å². The Labute approximate surface area is 62.6 Å². The molecule has 10 heavy (non-hydrogen) atoms. The molecule has 1 rings (SSSR count). The van der Waals surface area contributed by atoms with E-state index in [2.05, 4.69) is 0 Å². The Kier molecular flexibility index (Phi) is 5.51. The Morgan fingerprint density at radius 1 is 1.20 bits per heavy atom. The quantitative estimate of drug-likeness (QED) is 0.443. The lowest BCUT2D eigenvalue weighted by Crippen LogP contribution is -1.56. The second-order valence-electron chi connectivity index (χ2n) is 1.41. The maximum atomic E-state index is 8.63. The van der Waals surface area contributed by atoms with Gasteiger partial charge < -0.3 is 5.11 Å². The lowest BCUT2D eigenvalue weighted by atomic mass is 10.3. The van der Waals surface area contributed by atoms with Gasteiger partial charge in [-0.05, 0) is 12.1 Å². The minimum atomic E-state index is -0.500. The van der Waals surface area contributed by atoms with E-state index in [0.29, 0.717) is 5.75 Å². The minimum absolute atomic E-state index is 0.322. The molecule has 1 aromatic rings. The van der Waals surface area contributed by atoms with E-state index in [-0.39, 0.29) is 0 Å². The van der Waals surface area contributed by atoms with Crippen molar-refractivity contribution in [2.24, 2.45) is 0 Å². The highest BCUT2D eigenvalue weighted by Crippen LogP contribution is 2.02. The smallest absolute Gasteiger partial charge is 0.508 e. The fraction of sp³-hybridized carbons (Fsp3) is 0. The van der Waals surface area contributed by atoms with Gasteiger partial charge in [-0.2, -0.15) is 0 Å². The predicted octanol–water partition coefficient (Wildman–Crippen LogP) is 1.28. The number of hydrogen-bond donors (Lipinski definition) is 2. The van der Waals surface area contributed by atoms with Crippen LogP contribution in [0.2, 0.25) is 0 Å². The molecule has 1 aromatic carbocycles. The molecule has 0 saturated carbocycles. The van der Waals surface area contributed by atoms with Crippen molar-refractivity contribution in [3.8, 4) is 5.75 Å². The van der Waals surface area contributed by atoms with Crippen LogP contribution in [0.3, 0.4) is 0 Å². The zero-order chi connectivity index (χ0) is 7.82. The Morgan fingerprint density at radius 3 is 1.80 bits per heavy atom. The Bertz CT molecular complexity index is 176. The van der Waals surface area contributed by atoms with Crippen LogP contribution in [0.15, 0.2) is 30.3 Å². The first-order valence-electron chi connectivity index (χ1n) is 2.48. The van der Waals surface area contributed by atoms with Gasteiger partial charge in [0.2, 0.25) is 0 Å². The van der Waals surface area contributed by atoms with Crippen LogP contribution in [0.1, 0.15) is 0 Å². The molecule has 0 spiro atoms. The fourth-order valence-corrected chi connectivity index (χ4v) is 0.428. The Morgan fingerprint density at radius 2 is 1.60 bits per heavy atom. The normalized spacial score (nSPS) is 7.30. The average molecular weight is 159 g/mol. The van der Waals surface area contributed by atoms with Crippen molar-refractivity contribution in [2.75, 3.05) is 0 Å². The molecule has 0 bridgehead atoms. The molecule has 2 N–H and O–H groups in total. The van der Waals surface area contributed by atoms with Crippen LogP contribution in [0, 0.1) is 0 Å². The highest BCUT2D eigenvalue weighted by molar-refractivity contribution is 7.59. The van der Waals surface area contributed by atoms with E-state index in [0.717, 1.165) is 0 Å². The van der Waals surface area contributed by atoms with E-state index in [1.165, 1.54) is 0 Å². The molecular weight excluding hydrogens is 152 g/mol. The third kappa shape index (κ3) is 5.14. The van der Waals surface area contributed by atoms with Crippen LogP contribution in [0.5, 0.6) is 5.75 Å². The number of hydrogen-bond acceptors (Lipinski definition) is 2. The zero-order valence-electron chi connectivity index (χ0n) is 5.10. The maximum absolute atomic E-state index is 8.63. The summed E-state index contributed by atoms with van der Waals surface area (Å²) in [6.07, 6.45) is 0.